The van der Waals surface area contributed by atoms with Crippen LogP contribution in [0, 0.1) is 11.6 Å². The maximum absolute atomic E-state index is 14.0. The van der Waals surface area contributed by atoms with Gasteiger partial charge in [0.15, 0.2) is 11.6 Å². The average Bonchev–Trinajstić information content (AvgIpc) is 3.35. The lowest BCUT2D eigenvalue weighted by atomic mass is 10.1. The molecule has 0 unspecified atom stereocenters. The Morgan fingerprint density at radius 3 is 2.47 bits per heavy atom. The number of aryl methyl sites for hydroxylation is 1. The van der Waals surface area contributed by atoms with Gasteiger partial charge in [0.1, 0.15) is 11.9 Å². The summed E-state index contributed by atoms with van der Waals surface area (Å²) in [4.78, 5) is 22.7. The number of amides is 1. The Labute approximate surface area is 181 Å². The number of aromatic nitrogens is 4. The second-order valence-corrected chi connectivity index (χ2v) is 7.39. The van der Waals surface area contributed by atoms with Crippen LogP contribution in [-0.4, -0.2) is 30.6 Å². The first-order chi connectivity index (χ1) is 15.5. The predicted molar refractivity (Wildman–Crippen MR) is 111 cm³/mol. The summed E-state index contributed by atoms with van der Waals surface area (Å²) in [5, 5.41) is 4.38. The van der Waals surface area contributed by atoms with Crippen molar-refractivity contribution in [3.8, 4) is 22.9 Å². The van der Waals surface area contributed by atoms with Crippen LogP contribution in [0.4, 0.5) is 8.78 Å². The Bertz CT molecular complexity index is 1300. The van der Waals surface area contributed by atoms with Gasteiger partial charge in [0.05, 0.1) is 17.9 Å². The van der Waals surface area contributed by atoms with Gasteiger partial charge in [-0.1, -0.05) is 30.3 Å². The molecule has 5 rings (SSSR count). The minimum Gasteiger partial charge on any atom is -0.432 e. The Morgan fingerprint density at radius 1 is 1.03 bits per heavy atom. The van der Waals surface area contributed by atoms with E-state index in [0.29, 0.717) is 12.2 Å². The van der Waals surface area contributed by atoms with Crippen molar-refractivity contribution >= 4 is 5.91 Å². The van der Waals surface area contributed by atoms with Crippen LogP contribution < -0.4 is 4.74 Å². The zero-order chi connectivity index (χ0) is 22.2. The van der Waals surface area contributed by atoms with Gasteiger partial charge in [-0.05, 0) is 23.8 Å². The predicted octanol–water partition coefficient (Wildman–Crippen LogP) is 4.10. The molecular weight excluding hydrogens is 416 g/mol. The van der Waals surface area contributed by atoms with E-state index in [1.165, 1.54) is 12.4 Å². The van der Waals surface area contributed by atoms with Gasteiger partial charge in [-0.15, -0.1) is 0 Å². The van der Waals surface area contributed by atoms with E-state index in [9.17, 15) is 13.6 Å². The molecule has 1 aliphatic heterocycles. The van der Waals surface area contributed by atoms with E-state index in [2.05, 4.69) is 15.1 Å². The number of halogens is 2. The highest BCUT2D eigenvalue weighted by molar-refractivity contribution is 5.99. The van der Waals surface area contributed by atoms with E-state index >= 15 is 0 Å². The minimum absolute atomic E-state index is 0.111. The van der Waals surface area contributed by atoms with Crippen LogP contribution in [0.3, 0.4) is 0 Å². The molecule has 0 saturated heterocycles. The summed E-state index contributed by atoms with van der Waals surface area (Å²) < 4.78 is 35.1. The van der Waals surface area contributed by atoms with Crippen LogP contribution in [0.25, 0.3) is 11.3 Å². The van der Waals surface area contributed by atoms with E-state index in [1.54, 1.807) is 9.58 Å². The maximum Gasteiger partial charge on any atom is 0.261 e. The van der Waals surface area contributed by atoms with Gasteiger partial charge in [-0.25, -0.2) is 18.7 Å². The summed E-state index contributed by atoms with van der Waals surface area (Å²) in [6.45, 7) is 0.583. The molecule has 0 N–H and O–H groups in total. The van der Waals surface area contributed by atoms with Crippen LogP contribution in [0.1, 0.15) is 21.6 Å². The highest BCUT2D eigenvalue weighted by Gasteiger charge is 2.33. The molecule has 3 heterocycles. The number of rotatable bonds is 5. The molecule has 0 radical (unpaired) electrons. The highest BCUT2D eigenvalue weighted by Crippen LogP contribution is 2.33. The van der Waals surface area contributed by atoms with Crippen molar-refractivity contribution < 1.29 is 18.3 Å². The zero-order valence-corrected chi connectivity index (χ0v) is 17.0. The Hall–Kier alpha value is -4.14. The number of hydrogen-bond donors (Lipinski definition) is 0. The summed E-state index contributed by atoms with van der Waals surface area (Å²) in [5.41, 5.74) is 3.31. The molecule has 0 fully saturated rings. The van der Waals surface area contributed by atoms with Gasteiger partial charge in [0.25, 0.3) is 5.91 Å². The first-order valence-electron chi connectivity index (χ1n) is 9.83. The molecule has 0 aliphatic carbocycles. The van der Waals surface area contributed by atoms with E-state index in [-0.39, 0.29) is 23.9 Å². The first-order valence-corrected chi connectivity index (χ1v) is 9.83. The number of para-hydroxylation sites is 1. The molecule has 2 aromatic heterocycles. The summed E-state index contributed by atoms with van der Waals surface area (Å²) >= 11 is 0. The number of ether oxygens (including phenoxy) is 1. The van der Waals surface area contributed by atoms with Crippen molar-refractivity contribution in [1.82, 2.24) is 24.6 Å². The molecule has 160 valence electrons. The second-order valence-electron chi connectivity index (χ2n) is 7.39. The second kappa shape index (κ2) is 7.84. The van der Waals surface area contributed by atoms with Gasteiger partial charge < -0.3 is 9.64 Å². The Balaban J connectivity index is 1.36. The fourth-order valence-corrected chi connectivity index (χ4v) is 3.60. The lowest BCUT2D eigenvalue weighted by Gasteiger charge is -2.15. The van der Waals surface area contributed by atoms with Crippen molar-refractivity contribution in [3.05, 3.63) is 89.5 Å². The van der Waals surface area contributed by atoms with Gasteiger partial charge in [-0.3, -0.25) is 9.48 Å². The number of benzene rings is 2. The maximum atomic E-state index is 14.0. The van der Waals surface area contributed by atoms with E-state index in [0.717, 1.165) is 29.0 Å². The minimum atomic E-state index is -0.882. The molecule has 0 bridgehead atoms. The summed E-state index contributed by atoms with van der Waals surface area (Å²) in [5.74, 6) is -2.90. The lowest BCUT2D eigenvalue weighted by molar-refractivity contribution is 0.0764. The van der Waals surface area contributed by atoms with Gasteiger partial charge in [0.2, 0.25) is 11.6 Å². The van der Waals surface area contributed by atoms with E-state index < -0.39 is 17.4 Å². The first kappa shape index (κ1) is 19.8. The van der Waals surface area contributed by atoms with Gasteiger partial charge in [-0.2, -0.15) is 5.10 Å². The molecule has 32 heavy (non-hydrogen) atoms. The summed E-state index contributed by atoms with van der Waals surface area (Å²) in [6.07, 6.45) is 3.09. The number of carbonyl (C=O) groups excluding carboxylic acids is 1. The molecule has 1 amide bonds. The molecule has 0 saturated carbocycles. The molecular formula is C23H17F2N5O2. The van der Waals surface area contributed by atoms with Crippen LogP contribution >= 0.6 is 0 Å². The van der Waals surface area contributed by atoms with Crippen molar-refractivity contribution in [3.63, 3.8) is 0 Å². The largest absolute Gasteiger partial charge is 0.432 e. The molecule has 9 heteroatoms. The van der Waals surface area contributed by atoms with Crippen molar-refractivity contribution in [2.45, 2.75) is 13.1 Å². The van der Waals surface area contributed by atoms with Crippen molar-refractivity contribution in [1.29, 1.82) is 0 Å². The van der Waals surface area contributed by atoms with Crippen LogP contribution in [-0.2, 0) is 20.1 Å². The van der Waals surface area contributed by atoms with E-state index in [1.807, 2.05) is 43.6 Å². The SMILES string of the molecule is Cn1ccc(-c2ccc(CN3Cc4ncnc(Oc5c(F)cccc5F)c4C3=O)cc2)n1. The van der Waals surface area contributed by atoms with Crippen molar-refractivity contribution in [2.24, 2.45) is 7.05 Å². The summed E-state index contributed by atoms with van der Waals surface area (Å²) in [7, 11) is 1.86. The fourth-order valence-electron chi connectivity index (χ4n) is 3.60. The molecule has 1 aliphatic rings. The van der Waals surface area contributed by atoms with Crippen LogP contribution in [0.5, 0.6) is 11.6 Å². The topological polar surface area (TPSA) is 73.1 Å². The Morgan fingerprint density at radius 2 is 1.78 bits per heavy atom. The van der Waals surface area contributed by atoms with E-state index in [4.69, 9.17) is 4.74 Å². The number of fused-ring (bicyclic) bond motifs is 1. The number of nitrogens with zero attached hydrogens (tertiary/aromatic N) is 5. The van der Waals surface area contributed by atoms with Gasteiger partial charge in [0, 0.05) is 25.4 Å². The smallest absolute Gasteiger partial charge is 0.261 e. The quantitative estimate of drug-likeness (QED) is 0.474. The third-order valence-corrected chi connectivity index (χ3v) is 5.19. The standard InChI is InChI=1S/C23H17F2N5O2/c1-29-10-9-18(28-29)15-7-5-14(6-8-15)11-30-12-19-20(23(30)31)22(27-13-26-19)32-21-16(24)3-2-4-17(21)25/h2-10,13H,11-12H2,1H3. The normalized spacial score (nSPS) is 12.8. The molecule has 0 spiro atoms. The third-order valence-electron chi connectivity index (χ3n) is 5.19. The average molecular weight is 433 g/mol. The molecule has 0 atom stereocenters. The van der Waals surface area contributed by atoms with Crippen LogP contribution in [0.2, 0.25) is 0 Å². The van der Waals surface area contributed by atoms with Crippen LogP contribution in [0.15, 0.2) is 61.1 Å². The summed E-state index contributed by atoms with van der Waals surface area (Å²) in [6, 6.07) is 13.0. The van der Waals surface area contributed by atoms with Gasteiger partial charge >= 0.3 is 0 Å². The monoisotopic (exact) mass is 433 g/mol. The molecule has 7 nitrogen and oxygen atoms in total. The third kappa shape index (κ3) is 3.58. The molecule has 2 aromatic carbocycles. The molecule has 4 aromatic rings. The number of carbonyl (C=O) groups is 1. The Kier molecular flexibility index (Phi) is 4.85. The zero-order valence-electron chi connectivity index (χ0n) is 17.0. The highest BCUT2D eigenvalue weighted by atomic mass is 19.1. The van der Waals surface area contributed by atoms with Crippen molar-refractivity contribution in [2.75, 3.05) is 0 Å². The lowest BCUT2D eigenvalue weighted by Crippen LogP contribution is -2.23. The number of hydrogen-bond acceptors (Lipinski definition) is 5. The fraction of sp³-hybridized carbons (Fsp3) is 0.130.